The molecule has 58 heavy (non-hydrogen) atoms. The van der Waals surface area contributed by atoms with Gasteiger partial charge < -0.3 is 49.4 Å². The fraction of sp³-hybridized carbons (Fsp3) is 0.500. The van der Waals surface area contributed by atoms with Crippen molar-refractivity contribution in [2.75, 3.05) is 120 Å². The Morgan fingerprint density at radius 3 is 1.00 bits per heavy atom. The van der Waals surface area contributed by atoms with Crippen LogP contribution in [0.3, 0.4) is 0 Å². The molecule has 0 saturated heterocycles. The van der Waals surface area contributed by atoms with E-state index in [9.17, 15) is 9.59 Å². The molecular formula is C44H66N4O10. The number of hydrogen-bond acceptors (Lipinski definition) is 14. The molecule has 0 atom stereocenters. The molecule has 0 spiro atoms. The third-order valence-corrected chi connectivity index (χ3v) is 7.55. The highest BCUT2D eigenvalue weighted by Crippen LogP contribution is 2.10. The summed E-state index contributed by atoms with van der Waals surface area (Å²) in [6.07, 6.45) is 8.85. The van der Waals surface area contributed by atoms with Gasteiger partial charge >= 0.3 is 0 Å². The van der Waals surface area contributed by atoms with Crippen LogP contribution in [-0.2, 0) is 28.4 Å². The molecule has 3 rings (SSSR count). The number of ether oxygens (including phenoxy) is 8. The molecule has 0 aliphatic rings. The molecule has 3 aromatic carbocycles. The number of nitrogens with zero attached hydrogens (tertiary/aromatic N) is 2. The van der Waals surface area contributed by atoms with Crippen LogP contribution in [0, 0.1) is 0 Å². The smallest absolute Gasteiger partial charge is 0.150 e. The summed E-state index contributed by atoms with van der Waals surface area (Å²) in [6.45, 7) is 10.3. The third kappa shape index (κ3) is 30.7. The molecule has 3 aromatic rings. The number of nitrogens with two attached hydrogens (primary N) is 2. The van der Waals surface area contributed by atoms with E-state index in [1.165, 1.54) is 0 Å². The Bertz CT molecular complexity index is 1410. The molecule has 322 valence electrons. The Morgan fingerprint density at radius 2 is 0.690 bits per heavy atom. The number of rotatable bonds is 32. The largest absolute Gasteiger partial charge is 0.497 e. The summed E-state index contributed by atoms with van der Waals surface area (Å²) in [7, 11) is 3.25. The van der Waals surface area contributed by atoms with Gasteiger partial charge in [0.1, 0.15) is 24.1 Å². The fourth-order valence-electron chi connectivity index (χ4n) is 4.34. The number of aliphatic imine (C=N–C) groups is 2. The van der Waals surface area contributed by atoms with Crippen molar-refractivity contribution in [3.63, 3.8) is 0 Å². The molecule has 0 aromatic heterocycles. The van der Waals surface area contributed by atoms with Crippen molar-refractivity contribution in [3.8, 4) is 11.5 Å². The van der Waals surface area contributed by atoms with Gasteiger partial charge in [-0.15, -0.1) is 0 Å². The van der Waals surface area contributed by atoms with E-state index >= 15 is 0 Å². The first-order valence-corrected chi connectivity index (χ1v) is 19.7. The highest BCUT2D eigenvalue weighted by atomic mass is 16.5. The molecule has 0 saturated carbocycles. The first-order valence-electron chi connectivity index (χ1n) is 19.7. The number of carbonyl (C=O) groups excluding carboxylic acids is 2. The maximum absolute atomic E-state index is 10.6. The zero-order valence-corrected chi connectivity index (χ0v) is 34.5. The fourth-order valence-corrected chi connectivity index (χ4v) is 4.34. The highest BCUT2D eigenvalue weighted by Gasteiger charge is 1.95. The van der Waals surface area contributed by atoms with Crippen LogP contribution in [0.25, 0.3) is 0 Å². The maximum atomic E-state index is 10.6. The number of aldehydes is 2. The minimum Gasteiger partial charge on any atom is -0.497 e. The lowest BCUT2D eigenvalue weighted by Crippen LogP contribution is -2.12. The lowest BCUT2D eigenvalue weighted by Gasteiger charge is -2.06. The van der Waals surface area contributed by atoms with Crippen LogP contribution in [0.2, 0.25) is 0 Å². The Kier molecular flexibility index (Phi) is 35.1. The molecule has 4 N–H and O–H groups in total. The zero-order chi connectivity index (χ0) is 42.0. The molecular weight excluding hydrogens is 745 g/mol. The monoisotopic (exact) mass is 810 g/mol. The number of hydrogen-bond donors (Lipinski definition) is 2. The van der Waals surface area contributed by atoms with Crippen LogP contribution < -0.4 is 20.9 Å². The van der Waals surface area contributed by atoms with Crippen molar-refractivity contribution < 1.29 is 47.5 Å². The second-order valence-electron chi connectivity index (χ2n) is 12.2. The van der Waals surface area contributed by atoms with E-state index in [-0.39, 0.29) is 0 Å². The molecule has 0 aliphatic carbocycles. The summed E-state index contributed by atoms with van der Waals surface area (Å²) in [5.74, 6) is 1.61. The molecule has 0 unspecified atom stereocenters. The first kappa shape index (κ1) is 51.6. The van der Waals surface area contributed by atoms with Crippen molar-refractivity contribution in [1.29, 1.82) is 0 Å². The van der Waals surface area contributed by atoms with Crippen LogP contribution in [0.5, 0.6) is 11.5 Å². The van der Waals surface area contributed by atoms with Gasteiger partial charge in [0.2, 0.25) is 0 Å². The summed E-state index contributed by atoms with van der Waals surface area (Å²) < 4.78 is 42.4. The summed E-state index contributed by atoms with van der Waals surface area (Å²) in [6, 6.07) is 22.1. The van der Waals surface area contributed by atoms with Gasteiger partial charge in [0.05, 0.1) is 67.1 Å². The Labute approximate surface area is 345 Å². The second kappa shape index (κ2) is 39.4. The third-order valence-electron chi connectivity index (χ3n) is 7.55. The van der Waals surface area contributed by atoms with Gasteiger partial charge in [-0.2, -0.15) is 0 Å². The van der Waals surface area contributed by atoms with E-state index < -0.39 is 0 Å². The molecule has 0 fully saturated rings. The van der Waals surface area contributed by atoms with E-state index in [0.29, 0.717) is 110 Å². The summed E-state index contributed by atoms with van der Waals surface area (Å²) in [4.78, 5) is 29.5. The minimum absolute atomic E-state index is 0.557. The average Bonchev–Trinajstić information content (AvgIpc) is 3.27. The molecule has 0 aliphatic heterocycles. The van der Waals surface area contributed by atoms with Gasteiger partial charge in [0.15, 0.2) is 0 Å². The molecule has 14 nitrogen and oxygen atoms in total. The van der Waals surface area contributed by atoms with Crippen LogP contribution >= 0.6 is 0 Å². The Balaban J connectivity index is 0.000000549. The minimum atomic E-state index is 0.557. The van der Waals surface area contributed by atoms with Crippen LogP contribution in [0.4, 0.5) is 0 Å². The lowest BCUT2D eigenvalue weighted by molar-refractivity contribution is 0.0143. The SMILES string of the molecule is COc1ccc(C=NCCCOCCOCCOCCCN=Cc2ccc(C=O)cc2)cc1.COc1ccc(C=O)cc1.NCCCOCCOCCOCCCN. The Morgan fingerprint density at radius 1 is 0.414 bits per heavy atom. The topological polar surface area (TPSA) is 185 Å². The number of carbonyl (C=O) groups is 2. The number of benzene rings is 3. The predicted octanol–water partition coefficient (Wildman–Crippen LogP) is 5.12. The van der Waals surface area contributed by atoms with Crippen LogP contribution in [-0.4, -0.2) is 145 Å². The highest BCUT2D eigenvalue weighted by molar-refractivity contribution is 5.82. The molecule has 0 amide bonds. The van der Waals surface area contributed by atoms with Crippen molar-refractivity contribution in [2.45, 2.75) is 25.7 Å². The predicted molar refractivity (Wildman–Crippen MR) is 230 cm³/mol. The van der Waals surface area contributed by atoms with E-state index in [1.54, 1.807) is 50.6 Å². The summed E-state index contributed by atoms with van der Waals surface area (Å²) in [5.41, 5.74) is 14.0. The molecule has 14 heteroatoms. The molecule has 0 radical (unpaired) electrons. The van der Waals surface area contributed by atoms with E-state index in [1.807, 2.05) is 48.8 Å². The zero-order valence-electron chi connectivity index (χ0n) is 34.5. The molecule has 0 heterocycles. The van der Waals surface area contributed by atoms with Gasteiger partial charge in [-0.25, -0.2) is 0 Å². The summed E-state index contributed by atoms with van der Waals surface area (Å²) in [5, 5.41) is 0. The van der Waals surface area contributed by atoms with Gasteiger partial charge in [-0.05, 0) is 98.4 Å². The van der Waals surface area contributed by atoms with Crippen LogP contribution in [0.15, 0.2) is 82.8 Å². The van der Waals surface area contributed by atoms with Gasteiger partial charge in [0.25, 0.3) is 0 Å². The normalized spacial score (nSPS) is 10.8. The second-order valence-corrected chi connectivity index (χ2v) is 12.2. The van der Waals surface area contributed by atoms with E-state index in [2.05, 4.69) is 9.98 Å². The van der Waals surface area contributed by atoms with Crippen LogP contribution in [0.1, 0.15) is 57.5 Å². The van der Waals surface area contributed by atoms with E-state index in [4.69, 9.17) is 49.4 Å². The number of methoxy groups -OCH3 is 2. The van der Waals surface area contributed by atoms with Gasteiger partial charge in [-0.1, -0.05) is 24.3 Å². The standard InChI is InChI=1S/C26H34N2O5.C10H24N2O3.C8H8O2/c1-30-26-10-8-24(9-11-26)21-28-13-3-15-32-17-19-33-18-16-31-14-2-12-27-20-23-4-6-25(22-29)7-5-23;11-3-1-5-13-7-9-15-10-8-14-6-2-4-12;1-10-8-4-2-7(6-9)3-5-8/h4-11,20-22H,2-3,12-19H2,1H3;1-12H2;2-6H,1H3. The van der Waals surface area contributed by atoms with Crippen molar-refractivity contribution in [2.24, 2.45) is 21.5 Å². The lowest BCUT2D eigenvalue weighted by atomic mass is 10.2. The van der Waals surface area contributed by atoms with Gasteiger partial charge in [-0.3, -0.25) is 19.6 Å². The van der Waals surface area contributed by atoms with E-state index in [0.717, 1.165) is 67.4 Å². The Hall–Kier alpha value is -4.38. The molecule has 0 bridgehead atoms. The quantitative estimate of drug-likeness (QED) is 0.0483. The van der Waals surface area contributed by atoms with Crippen molar-refractivity contribution in [1.82, 2.24) is 0 Å². The summed E-state index contributed by atoms with van der Waals surface area (Å²) >= 11 is 0. The maximum Gasteiger partial charge on any atom is 0.150 e. The van der Waals surface area contributed by atoms with Crippen molar-refractivity contribution in [3.05, 3.63) is 95.1 Å². The van der Waals surface area contributed by atoms with Gasteiger partial charge in [0, 0.05) is 63.1 Å². The first-order chi connectivity index (χ1) is 28.6. The average molecular weight is 811 g/mol. The van der Waals surface area contributed by atoms with Crippen molar-refractivity contribution >= 4 is 25.0 Å².